The Morgan fingerprint density at radius 3 is 2.64 bits per heavy atom. The molecule has 0 atom stereocenters. The van der Waals surface area contributed by atoms with E-state index < -0.39 is 0 Å². The van der Waals surface area contributed by atoms with E-state index in [-0.39, 0.29) is 5.41 Å². The number of nitrogens with one attached hydrogen (secondary N) is 2. The van der Waals surface area contributed by atoms with Crippen LogP contribution in [0.5, 0.6) is 0 Å². The highest BCUT2D eigenvalue weighted by Gasteiger charge is 2.33. The lowest BCUT2D eigenvalue weighted by atomic mass is 9.89. The van der Waals surface area contributed by atoms with E-state index in [1.807, 2.05) is 0 Å². The van der Waals surface area contributed by atoms with Crippen LogP contribution in [-0.2, 0) is 9.47 Å². The molecule has 2 aliphatic heterocycles. The molecule has 0 aromatic carbocycles. The molecule has 0 aliphatic carbocycles. The molecular formula is C16H32N4O2. The fraction of sp³-hybridized carbons (Fsp3) is 0.938. The molecule has 6 heteroatoms. The Kier molecular flexibility index (Phi) is 6.92. The first kappa shape index (κ1) is 17.5. The first-order chi connectivity index (χ1) is 10.6. The van der Waals surface area contributed by atoms with Crippen LogP contribution < -0.4 is 10.6 Å². The minimum absolute atomic E-state index is 0.228. The summed E-state index contributed by atoms with van der Waals surface area (Å²) in [5.41, 5.74) is 0.228. The van der Waals surface area contributed by atoms with Gasteiger partial charge < -0.3 is 25.0 Å². The molecule has 2 N–H and O–H groups in total. The number of piperidine rings is 1. The summed E-state index contributed by atoms with van der Waals surface area (Å²) < 4.78 is 10.4. The highest BCUT2D eigenvalue weighted by molar-refractivity contribution is 5.80. The van der Waals surface area contributed by atoms with Gasteiger partial charge in [0.2, 0.25) is 0 Å². The van der Waals surface area contributed by atoms with E-state index in [2.05, 4.69) is 29.4 Å². The number of likely N-dealkylation sites (tertiary alicyclic amines) is 1. The normalized spacial score (nSPS) is 23.1. The van der Waals surface area contributed by atoms with Gasteiger partial charge in [0.25, 0.3) is 0 Å². The quantitative estimate of drug-likeness (QED) is 0.535. The topological polar surface area (TPSA) is 58.1 Å². The van der Waals surface area contributed by atoms with Crippen LogP contribution in [0.3, 0.4) is 0 Å². The third-order valence-corrected chi connectivity index (χ3v) is 4.40. The number of ether oxygens (including phenoxy) is 2. The molecule has 22 heavy (non-hydrogen) atoms. The molecule has 0 bridgehead atoms. The summed E-state index contributed by atoms with van der Waals surface area (Å²) in [6.45, 7) is 11.8. The van der Waals surface area contributed by atoms with Gasteiger partial charge in [-0.3, -0.25) is 4.99 Å². The molecule has 2 aliphatic rings. The first-order valence-electron chi connectivity index (χ1n) is 8.49. The third-order valence-electron chi connectivity index (χ3n) is 4.40. The number of hydrogen-bond acceptors (Lipinski definition) is 4. The van der Waals surface area contributed by atoms with Crippen LogP contribution in [0.25, 0.3) is 0 Å². The van der Waals surface area contributed by atoms with Crippen LogP contribution in [0.1, 0.15) is 26.7 Å². The molecule has 2 fully saturated rings. The summed E-state index contributed by atoms with van der Waals surface area (Å²) in [6.07, 6.45) is 2.32. The maximum atomic E-state index is 5.30. The summed E-state index contributed by atoms with van der Waals surface area (Å²) >= 11 is 0. The van der Waals surface area contributed by atoms with Crippen LogP contribution in [0, 0.1) is 5.41 Å². The summed E-state index contributed by atoms with van der Waals surface area (Å²) in [5, 5.41) is 6.96. The van der Waals surface area contributed by atoms with Gasteiger partial charge in [-0.05, 0) is 19.8 Å². The summed E-state index contributed by atoms with van der Waals surface area (Å²) in [5.74, 6) is 0.950. The molecule has 0 aromatic rings. The minimum atomic E-state index is 0.228. The Hall–Kier alpha value is -0.850. The second kappa shape index (κ2) is 8.70. The summed E-state index contributed by atoms with van der Waals surface area (Å²) in [6, 6.07) is 0.516. The van der Waals surface area contributed by atoms with Crippen molar-refractivity contribution in [1.82, 2.24) is 15.5 Å². The Morgan fingerprint density at radius 1 is 1.36 bits per heavy atom. The SMILES string of the molecule is CCNC(=NCC1(C)COC1)NC1CCN(CCOC)CC1. The molecule has 6 nitrogen and oxygen atoms in total. The maximum absolute atomic E-state index is 5.30. The number of aliphatic imine (C=N–C) groups is 1. The van der Waals surface area contributed by atoms with Crippen molar-refractivity contribution >= 4 is 5.96 Å². The van der Waals surface area contributed by atoms with Crippen molar-refractivity contribution in [2.45, 2.75) is 32.7 Å². The van der Waals surface area contributed by atoms with Crippen molar-refractivity contribution in [3.8, 4) is 0 Å². The van der Waals surface area contributed by atoms with Gasteiger partial charge in [0, 0.05) is 44.7 Å². The van der Waals surface area contributed by atoms with E-state index in [1.54, 1.807) is 7.11 Å². The van der Waals surface area contributed by atoms with Crippen LogP contribution in [-0.4, -0.2) is 76.6 Å². The highest BCUT2D eigenvalue weighted by Crippen LogP contribution is 2.26. The lowest BCUT2D eigenvalue weighted by Gasteiger charge is -2.37. The van der Waals surface area contributed by atoms with E-state index in [9.17, 15) is 0 Å². The maximum Gasteiger partial charge on any atom is 0.191 e. The number of rotatable bonds is 7. The molecule has 2 saturated heterocycles. The number of nitrogens with zero attached hydrogens (tertiary/aromatic N) is 2. The van der Waals surface area contributed by atoms with Gasteiger partial charge in [0.1, 0.15) is 0 Å². The largest absolute Gasteiger partial charge is 0.383 e. The van der Waals surface area contributed by atoms with Gasteiger partial charge in [-0.15, -0.1) is 0 Å². The summed E-state index contributed by atoms with van der Waals surface area (Å²) in [4.78, 5) is 7.22. The fourth-order valence-electron chi connectivity index (χ4n) is 2.85. The van der Waals surface area contributed by atoms with Crippen molar-refractivity contribution in [2.75, 3.05) is 59.7 Å². The lowest BCUT2D eigenvalue weighted by Crippen LogP contribution is -2.50. The van der Waals surface area contributed by atoms with Gasteiger partial charge in [0.05, 0.1) is 26.4 Å². The van der Waals surface area contributed by atoms with Crippen molar-refractivity contribution in [3.63, 3.8) is 0 Å². The smallest absolute Gasteiger partial charge is 0.191 e. The first-order valence-corrected chi connectivity index (χ1v) is 8.49. The zero-order chi connectivity index (χ0) is 15.8. The fourth-order valence-corrected chi connectivity index (χ4v) is 2.85. The number of methoxy groups -OCH3 is 1. The van der Waals surface area contributed by atoms with E-state index >= 15 is 0 Å². The molecule has 0 spiro atoms. The zero-order valence-corrected chi connectivity index (χ0v) is 14.4. The standard InChI is InChI=1S/C16H32N4O2/c1-4-17-15(18-11-16(2)12-22-13-16)19-14-5-7-20(8-6-14)9-10-21-3/h14H,4-13H2,1-3H3,(H2,17,18,19). The molecule has 0 aromatic heterocycles. The average molecular weight is 312 g/mol. The molecule has 0 unspecified atom stereocenters. The zero-order valence-electron chi connectivity index (χ0n) is 14.4. The predicted octanol–water partition coefficient (Wildman–Crippen LogP) is 0.689. The van der Waals surface area contributed by atoms with Gasteiger partial charge >= 0.3 is 0 Å². The van der Waals surface area contributed by atoms with E-state index in [0.29, 0.717) is 6.04 Å². The van der Waals surface area contributed by atoms with Crippen LogP contribution >= 0.6 is 0 Å². The van der Waals surface area contributed by atoms with Gasteiger partial charge in [-0.1, -0.05) is 6.92 Å². The molecule has 0 radical (unpaired) electrons. The van der Waals surface area contributed by atoms with Crippen molar-refractivity contribution < 1.29 is 9.47 Å². The average Bonchev–Trinajstić information content (AvgIpc) is 2.50. The molecule has 2 rings (SSSR count). The predicted molar refractivity (Wildman–Crippen MR) is 89.4 cm³/mol. The lowest BCUT2D eigenvalue weighted by molar-refractivity contribution is -0.0945. The second-order valence-electron chi connectivity index (χ2n) is 6.75. The van der Waals surface area contributed by atoms with Crippen molar-refractivity contribution in [1.29, 1.82) is 0 Å². The minimum Gasteiger partial charge on any atom is -0.383 e. The monoisotopic (exact) mass is 312 g/mol. The van der Waals surface area contributed by atoms with Gasteiger partial charge in [-0.25, -0.2) is 0 Å². The molecule has 2 heterocycles. The Balaban J connectivity index is 1.75. The van der Waals surface area contributed by atoms with Crippen LogP contribution in [0.2, 0.25) is 0 Å². The molecule has 0 amide bonds. The van der Waals surface area contributed by atoms with E-state index in [0.717, 1.165) is 71.3 Å². The highest BCUT2D eigenvalue weighted by atomic mass is 16.5. The third kappa shape index (κ3) is 5.41. The molecule has 128 valence electrons. The number of hydrogen-bond donors (Lipinski definition) is 2. The number of guanidine groups is 1. The van der Waals surface area contributed by atoms with Gasteiger partial charge in [-0.2, -0.15) is 0 Å². The second-order valence-corrected chi connectivity index (χ2v) is 6.75. The van der Waals surface area contributed by atoms with Crippen molar-refractivity contribution in [3.05, 3.63) is 0 Å². The van der Waals surface area contributed by atoms with Crippen LogP contribution in [0.15, 0.2) is 4.99 Å². The Morgan fingerprint density at radius 2 is 2.09 bits per heavy atom. The van der Waals surface area contributed by atoms with E-state index in [1.165, 1.54) is 0 Å². The summed E-state index contributed by atoms with van der Waals surface area (Å²) in [7, 11) is 1.76. The van der Waals surface area contributed by atoms with Gasteiger partial charge in [0.15, 0.2) is 5.96 Å². The van der Waals surface area contributed by atoms with Crippen molar-refractivity contribution in [2.24, 2.45) is 10.4 Å². The Bertz CT molecular complexity index is 350. The Labute approximate surface area is 134 Å². The van der Waals surface area contributed by atoms with E-state index in [4.69, 9.17) is 14.5 Å². The van der Waals surface area contributed by atoms with Crippen LogP contribution in [0.4, 0.5) is 0 Å². The molecule has 0 saturated carbocycles. The molecular weight excluding hydrogens is 280 g/mol.